The second-order valence-electron chi connectivity index (χ2n) is 8.14. The van der Waals surface area contributed by atoms with E-state index < -0.39 is 17.3 Å². The molecule has 3 rings (SSSR count). The van der Waals surface area contributed by atoms with Crippen LogP contribution in [0.3, 0.4) is 0 Å². The van der Waals surface area contributed by atoms with Gasteiger partial charge in [-0.15, -0.1) is 0 Å². The maximum atomic E-state index is 13.2. The monoisotopic (exact) mass is 351 g/mol. The smallest absolute Gasteiger partial charge is 0.409 e. The minimum absolute atomic E-state index is 0.00965. The number of ketones is 1. The van der Waals surface area contributed by atoms with Gasteiger partial charge in [-0.2, -0.15) is 0 Å². The van der Waals surface area contributed by atoms with Crippen LogP contribution >= 0.6 is 0 Å². The molecule has 0 aromatic heterocycles. The van der Waals surface area contributed by atoms with E-state index in [2.05, 4.69) is 16.7 Å². The fourth-order valence-electron chi connectivity index (χ4n) is 5.73. The van der Waals surface area contributed by atoms with Gasteiger partial charge in [0.25, 0.3) is 0 Å². The molecule has 6 nitrogen and oxygen atoms in total. The van der Waals surface area contributed by atoms with E-state index in [0.717, 1.165) is 71.1 Å². The van der Waals surface area contributed by atoms with Crippen molar-refractivity contribution in [2.75, 3.05) is 32.7 Å². The molecule has 0 aliphatic carbocycles. The first-order valence-corrected chi connectivity index (χ1v) is 9.96. The van der Waals surface area contributed by atoms with Crippen LogP contribution in [0, 0.1) is 0 Å². The molecule has 3 heterocycles. The molecule has 3 aliphatic heterocycles. The molecule has 1 N–H and O–H groups in total. The van der Waals surface area contributed by atoms with Gasteiger partial charge in [0, 0.05) is 19.6 Å². The van der Waals surface area contributed by atoms with Crippen molar-refractivity contribution in [3.8, 4) is 0 Å². The van der Waals surface area contributed by atoms with Crippen LogP contribution in [0.4, 0.5) is 4.79 Å². The molecule has 142 valence electrons. The third-order valence-electron chi connectivity index (χ3n) is 6.78. The van der Waals surface area contributed by atoms with E-state index in [-0.39, 0.29) is 5.78 Å². The molecule has 6 heteroatoms. The van der Waals surface area contributed by atoms with Crippen molar-refractivity contribution >= 4 is 11.9 Å². The minimum atomic E-state index is -1.05. The van der Waals surface area contributed by atoms with Crippen molar-refractivity contribution in [1.82, 2.24) is 14.7 Å². The van der Waals surface area contributed by atoms with Gasteiger partial charge in [-0.25, -0.2) is 4.79 Å². The summed E-state index contributed by atoms with van der Waals surface area (Å²) >= 11 is 0. The summed E-state index contributed by atoms with van der Waals surface area (Å²) in [6.07, 6.45) is 7.49. The second kappa shape index (κ2) is 7.23. The lowest BCUT2D eigenvalue weighted by molar-refractivity contribution is -0.186. The quantitative estimate of drug-likeness (QED) is 0.847. The van der Waals surface area contributed by atoms with Crippen LogP contribution in [0.5, 0.6) is 0 Å². The minimum Gasteiger partial charge on any atom is -0.465 e. The lowest BCUT2D eigenvalue weighted by atomic mass is 9.71. The molecule has 0 saturated carbocycles. The Hall–Kier alpha value is -1.14. The van der Waals surface area contributed by atoms with E-state index in [1.807, 2.05) is 0 Å². The van der Waals surface area contributed by atoms with Crippen molar-refractivity contribution < 1.29 is 14.7 Å². The maximum absolute atomic E-state index is 13.2. The molecule has 0 aromatic carbocycles. The Morgan fingerprint density at radius 2 is 1.32 bits per heavy atom. The SMILES string of the molecule is CC(=O)C1(N2CCCCC2)N(C(=O)O)CCCC1(C)N1CCCCC1. The highest BCUT2D eigenvalue weighted by molar-refractivity contribution is 5.91. The Kier molecular flexibility index (Phi) is 5.40. The Bertz CT molecular complexity index is 514. The fourth-order valence-corrected chi connectivity index (χ4v) is 5.73. The summed E-state index contributed by atoms with van der Waals surface area (Å²) in [7, 11) is 0. The number of carbonyl (C=O) groups excluding carboxylic acids is 1. The molecule has 0 aromatic rings. The number of Topliss-reactive ketones (excluding diaryl/α,β-unsaturated/α-hetero) is 1. The summed E-state index contributed by atoms with van der Waals surface area (Å²) in [4.78, 5) is 31.6. The highest BCUT2D eigenvalue weighted by Crippen LogP contribution is 2.46. The summed E-state index contributed by atoms with van der Waals surface area (Å²) in [5.41, 5.74) is -1.50. The predicted molar refractivity (Wildman–Crippen MR) is 96.6 cm³/mol. The van der Waals surface area contributed by atoms with Crippen molar-refractivity contribution in [3.05, 3.63) is 0 Å². The first-order chi connectivity index (χ1) is 11.9. The Morgan fingerprint density at radius 3 is 1.80 bits per heavy atom. The van der Waals surface area contributed by atoms with Gasteiger partial charge in [-0.1, -0.05) is 12.8 Å². The van der Waals surface area contributed by atoms with E-state index in [0.29, 0.717) is 6.54 Å². The largest absolute Gasteiger partial charge is 0.465 e. The molecule has 3 fully saturated rings. The number of carboxylic acid groups (broad SMARTS) is 1. The zero-order valence-electron chi connectivity index (χ0n) is 15.8. The van der Waals surface area contributed by atoms with Crippen molar-refractivity contribution in [2.45, 2.75) is 76.4 Å². The molecule has 2 atom stereocenters. The van der Waals surface area contributed by atoms with Gasteiger partial charge in [0.1, 0.15) is 0 Å². The number of likely N-dealkylation sites (tertiary alicyclic amines) is 3. The van der Waals surface area contributed by atoms with Crippen molar-refractivity contribution in [1.29, 1.82) is 0 Å². The first-order valence-electron chi connectivity index (χ1n) is 9.96. The predicted octanol–water partition coefficient (Wildman–Crippen LogP) is 2.78. The van der Waals surface area contributed by atoms with E-state index in [1.165, 1.54) is 11.3 Å². The zero-order valence-corrected chi connectivity index (χ0v) is 15.8. The molecule has 3 saturated heterocycles. The van der Waals surface area contributed by atoms with E-state index >= 15 is 0 Å². The van der Waals surface area contributed by atoms with Crippen molar-refractivity contribution in [3.63, 3.8) is 0 Å². The average Bonchev–Trinajstić information content (AvgIpc) is 2.62. The van der Waals surface area contributed by atoms with E-state index in [4.69, 9.17) is 0 Å². The summed E-state index contributed by atoms with van der Waals surface area (Å²) < 4.78 is 0. The fraction of sp³-hybridized carbons (Fsp3) is 0.895. The third kappa shape index (κ3) is 2.87. The van der Waals surface area contributed by atoms with Crippen LogP contribution in [0.25, 0.3) is 0 Å². The maximum Gasteiger partial charge on any atom is 0.409 e. The zero-order chi connectivity index (χ0) is 18.1. The molecule has 0 radical (unpaired) electrons. The Morgan fingerprint density at radius 1 is 0.800 bits per heavy atom. The number of rotatable bonds is 3. The van der Waals surface area contributed by atoms with Gasteiger partial charge >= 0.3 is 6.09 Å². The molecule has 0 spiro atoms. The number of hydrogen-bond donors (Lipinski definition) is 1. The Balaban J connectivity index is 2.11. The molecular formula is C19H33N3O3. The summed E-state index contributed by atoms with van der Waals surface area (Å²) in [6, 6.07) is 0. The van der Waals surface area contributed by atoms with Gasteiger partial charge in [0.2, 0.25) is 0 Å². The summed E-state index contributed by atoms with van der Waals surface area (Å²) in [5, 5.41) is 10.0. The normalized spacial score (nSPS) is 35.5. The second-order valence-corrected chi connectivity index (χ2v) is 8.14. The molecule has 2 unspecified atom stereocenters. The highest BCUT2D eigenvalue weighted by atomic mass is 16.4. The third-order valence-corrected chi connectivity index (χ3v) is 6.78. The lowest BCUT2D eigenvalue weighted by Gasteiger charge is -2.64. The van der Waals surface area contributed by atoms with Crippen LogP contribution in [-0.4, -0.2) is 75.6 Å². The molecular weight excluding hydrogens is 318 g/mol. The number of piperidine rings is 3. The number of amides is 1. The molecule has 0 bridgehead atoms. The topological polar surface area (TPSA) is 64.1 Å². The van der Waals surface area contributed by atoms with Crippen molar-refractivity contribution in [2.24, 2.45) is 0 Å². The summed E-state index contributed by atoms with van der Waals surface area (Å²) in [5.74, 6) is -0.00965. The Labute approximate surface area is 151 Å². The van der Waals surface area contributed by atoms with Crippen LogP contribution < -0.4 is 0 Å². The first kappa shape index (κ1) is 18.6. The van der Waals surface area contributed by atoms with Gasteiger partial charge in [-0.05, 0) is 65.5 Å². The highest BCUT2D eigenvalue weighted by Gasteiger charge is 2.64. The van der Waals surface area contributed by atoms with Gasteiger partial charge in [-0.3, -0.25) is 19.5 Å². The molecule has 25 heavy (non-hydrogen) atoms. The van der Waals surface area contributed by atoms with Crippen LogP contribution in [0.15, 0.2) is 0 Å². The van der Waals surface area contributed by atoms with E-state index in [1.54, 1.807) is 6.92 Å². The molecule has 1 amide bonds. The standard InChI is InChI=1S/C19H33N3O3/c1-16(23)19(21-13-7-4-8-14-21)18(2,20-11-5-3-6-12-20)10-9-15-22(19)17(24)25/h3-15H2,1-2H3,(H,24,25). The van der Waals surface area contributed by atoms with Crippen LogP contribution in [-0.2, 0) is 4.79 Å². The molecule has 3 aliphatic rings. The van der Waals surface area contributed by atoms with Crippen LogP contribution in [0.2, 0.25) is 0 Å². The van der Waals surface area contributed by atoms with Crippen LogP contribution in [0.1, 0.15) is 65.2 Å². The number of carbonyl (C=O) groups is 2. The number of nitrogens with zero attached hydrogens (tertiary/aromatic N) is 3. The van der Waals surface area contributed by atoms with Gasteiger partial charge < -0.3 is 5.11 Å². The van der Waals surface area contributed by atoms with E-state index in [9.17, 15) is 14.7 Å². The number of hydrogen-bond acceptors (Lipinski definition) is 4. The lowest BCUT2D eigenvalue weighted by Crippen LogP contribution is -2.82. The van der Waals surface area contributed by atoms with Gasteiger partial charge in [0.15, 0.2) is 11.4 Å². The average molecular weight is 351 g/mol. The summed E-state index contributed by atoms with van der Waals surface area (Å²) in [6.45, 7) is 7.77. The van der Waals surface area contributed by atoms with Gasteiger partial charge in [0.05, 0.1) is 5.54 Å².